The molecule has 0 aromatic carbocycles. The van der Waals surface area contributed by atoms with Crippen LogP contribution in [0.1, 0.15) is 62.0 Å². The molecule has 2 aromatic rings. The molecule has 0 spiro atoms. The lowest BCUT2D eigenvalue weighted by Gasteiger charge is -2.22. The molecule has 0 saturated heterocycles. The molecule has 1 atom stereocenters. The average molecular weight is 287 g/mol. The highest BCUT2D eigenvalue weighted by atomic mass is 16.5. The third-order valence-corrected chi connectivity index (χ3v) is 4.27. The van der Waals surface area contributed by atoms with Gasteiger partial charge in [-0.3, -0.25) is 4.90 Å². The summed E-state index contributed by atoms with van der Waals surface area (Å²) in [5.41, 5.74) is 0.993. The Balaban J connectivity index is 1.63. The monoisotopic (exact) mass is 287 g/mol. The molecule has 6 heteroatoms. The van der Waals surface area contributed by atoms with Crippen molar-refractivity contribution in [3.05, 3.63) is 36.0 Å². The minimum atomic E-state index is 0.182. The molecular formula is C15H21N5O. The molecule has 1 fully saturated rings. The van der Waals surface area contributed by atoms with Crippen molar-refractivity contribution in [1.29, 1.82) is 0 Å². The van der Waals surface area contributed by atoms with Gasteiger partial charge in [-0.25, -0.2) is 9.97 Å². The molecule has 1 aliphatic carbocycles. The fourth-order valence-electron chi connectivity index (χ4n) is 2.80. The number of hydrogen-bond donors (Lipinski definition) is 0. The summed E-state index contributed by atoms with van der Waals surface area (Å²) < 4.78 is 5.42. The number of nitrogens with zero attached hydrogens (tertiary/aromatic N) is 5. The van der Waals surface area contributed by atoms with Gasteiger partial charge < -0.3 is 4.52 Å². The molecule has 2 aromatic heterocycles. The van der Waals surface area contributed by atoms with Crippen molar-refractivity contribution in [2.75, 3.05) is 7.05 Å². The molecular weight excluding hydrogens is 266 g/mol. The van der Waals surface area contributed by atoms with Crippen LogP contribution in [0.3, 0.4) is 0 Å². The first-order valence-corrected chi connectivity index (χ1v) is 7.52. The van der Waals surface area contributed by atoms with Crippen molar-refractivity contribution in [3.8, 4) is 0 Å². The molecule has 1 saturated carbocycles. The standard InChI is InChI=1S/C15H21N5O/c1-11(13-7-8-16-10-17-13)20(2)9-14-18-15(21-19-14)12-5-3-4-6-12/h7-8,10-12H,3-6,9H2,1-2H3/t11-/m0/s1. The largest absolute Gasteiger partial charge is 0.339 e. The minimum absolute atomic E-state index is 0.182. The van der Waals surface area contributed by atoms with E-state index in [9.17, 15) is 0 Å². The maximum atomic E-state index is 5.42. The van der Waals surface area contributed by atoms with Crippen molar-refractivity contribution in [2.45, 2.75) is 51.1 Å². The molecule has 6 nitrogen and oxygen atoms in total. The highest BCUT2D eigenvalue weighted by Crippen LogP contribution is 2.33. The summed E-state index contributed by atoms with van der Waals surface area (Å²) in [6.07, 6.45) is 8.23. The van der Waals surface area contributed by atoms with E-state index in [4.69, 9.17) is 4.52 Å². The summed E-state index contributed by atoms with van der Waals surface area (Å²) in [6.45, 7) is 2.77. The van der Waals surface area contributed by atoms with Gasteiger partial charge >= 0.3 is 0 Å². The van der Waals surface area contributed by atoms with E-state index in [2.05, 4.69) is 31.9 Å². The SMILES string of the molecule is C[C@@H](c1ccncn1)N(C)Cc1noc(C2CCCC2)n1. The first-order valence-electron chi connectivity index (χ1n) is 7.52. The zero-order valence-corrected chi connectivity index (χ0v) is 12.6. The van der Waals surface area contributed by atoms with Crippen molar-refractivity contribution < 1.29 is 4.52 Å². The molecule has 112 valence electrons. The quantitative estimate of drug-likeness (QED) is 0.842. The summed E-state index contributed by atoms with van der Waals surface area (Å²) in [5.74, 6) is 2.03. The zero-order chi connectivity index (χ0) is 14.7. The second-order valence-electron chi connectivity index (χ2n) is 5.76. The van der Waals surface area contributed by atoms with Gasteiger partial charge in [-0.15, -0.1) is 0 Å². The van der Waals surface area contributed by atoms with E-state index in [1.807, 2.05) is 13.1 Å². The summed E-state index contributed by atoms with van der Waals surface area (Å²) in [5, 5.41) is 4.12. The molecule has 0 N–H and O–H groups in total. The Labute approximate surface area is 124 Å². The van der Waals surface area contributed by atoms with Crippen molar-refractivity contribution >= 4 is 0 Å². The Bertz CT molecular complexity index is 564. The van der Waals surface area contributed by atoms with Gasteiger partial charge in [0.2, 0.25) is 5.89 Å². The van der Waals surface area contributed by atoms with Crippen LogP contribution in [0.4, 0.5) is 0 Å². The van der Waals surface area contributed by atoms with Crippen LogP contribution in [0.2, 0.25) is 0 Å². The van der Waals surface area contributed by atoms with E-state index in [1.54, 1.807) is 12.5 Å². The van der Waals surface area contributed by atoms with Gasteiger partial charge in [0.1, 0.15) is 6.33 Å². The Hall–Kier alpha value is -1.82. The fourth-order valence-corrected chi connectivity index (χ4v) is 2.80. The predicted octanol–water partition coefficient (Wildman–Crippen LogP) is 2.71. The summed E-state index contributed by atoms with van der Waals surface area (Å²) >= 11 is 0. The van der Waals surface area contributed by atoms with Crippen LogP contribution in [0, 0.1) is 0 Å². The van der Waals surface area contributed by atoms with E-state index < -0.39 is 0 Å². The Morgan fingerprint density at radius 1 is 1.38 bits per heavy atom. The molecule has 0 unspecified atom stereocenters. The Kier molecular flexibility index (Phi) is 4.24. The Morgan fingerprint density at radius 3 is 2.90 bits per heavy atom. The van der Waals surface area contributed by atoms with Gasteiger partial charge in [-0.05, 0) is 32.9 Å². The van der Waals surface area contributed by atoms with Crippen LogP contribution in [-0.2, 0) is 6.54 Å². The van der Waals surface area contributed by atoms with Gasteiger partial charge in [-0.1, -0.05) is 18.0 Å². The number of hydrogen-bond acceptors (Lipinski definition) is 6. The zero-order valence-electron chi connectivity index (χ0n) is 12.6. The number of rotatable bonds is 5. The lowest BCUT2D eigenvalue weighted by Crippen LogP contribution is -2.23. The lowest BCUT2D eigenvalue weighted by atomic mass is 10.1. The van der Waals surface area contributed by atoms with Crippen molar-refractivity contribution in [3.63, 3.8) is 0 Å². The maximum Gasteiger partial charge on any atom is 0.229 e. The molecule has 21 heavy (non-hydrogen) atoms. The number of aromatic nitrogens is 4. The van der Waals surface area contributed by atoms with E-state index in [0.29, 0.717) is 12.5 Å². The van der Waals surface area contributed by atoms with Crippen LogP contribution in [-0.4, -0.2) is 32.1 Å². The molecule has 1 aliphatic rings. The van der Waals surface area contributed by atoms with Crippen LogP contribution >= 0.6 is 0 Å². The summed E-state index contributed by atoms with van der Waals surface area (Å²) in [6, 6.07) is 2.11. The van der Waals surface area contributed by atoms with Crippen LogP contribution in [0.15, 0.2) is 23.1 Å². The van der Waals surface area contributed by atoms with Crippen LogP contribution < -0.4 is 0 Å². The first-order chi connectivity index (χ1) is 10.2. The molecule has 2 heterocycles. The minimum Gasteiger partial charge on any atom is -0.339 e. The highest BCUT2D eigenvalue weighted by molar-refractivity contribution is 5.04. The van der Waals surface area contributed by atoms with Gasteiger partial charge in [-0.2, -0.15) is 4.98 Å². The van der Waals surface area contributed by atoms with Crippen molar-refractivity contribution in [1.82, 2.24) is 25.0 Å². The predicted molar refractivity (Wildman–Crippen MR) is 77.4 cm³/mol. The third-order valence-electron chi connectivity index (χ3n) is 4.27. The van der Waals surface area contributed by atoms with Crippen molar-refractivity contribution in [2.24, 2.45) is 0 Å². The summed E-state index contributed by atoms with van der Waals surface area (Å²) in [4.78, 5) is 15.0. The smallest absolute Gasteiger partial charge is 0.229 e. The average Bonchev–Trinajstić information content (AvgIpc) is 3.18. The van der Waals surface area contributed by atoms with E-state index in [1.165, 1.54) is 25.7 Å². The second kappa shape index (κ2) is 6.30. The molecule has 0 amide bonds. The van der Waals surface area contributed by atoms with Crippen LogP contribution in [0.25, 0.3) is 0 Å². The molecule has 0 radical (unpaired) electrons. The lowest BCUT2D eigenvalue weighted by molar-refractivity contribution is 0.238. The van der Waals surface area contributed by atoms with Gasteiger partial charge in [0, 0.05) is 18.2 Å². The maximum absolute atomic E-state index is 5.42. The van der Waals surface area contributed by atoms with E-state index in [0.717, 1.165) is 17.4 Å². The molecule has 3 rings (SSSR count). The molecule has 0 aliphatic heterocycles. The van der Waals surface area contributed by atoms with Gasteiger partial charge in [0.25, 0.3) is 0 Å². The van der Waals surface area contributed by atoms with Crippen LogP contribution in [0.5, 0.6) is 0 Å². The topological polar surface area (TPSA) is 67.9 Å². The van der Waals surface area contributed by atoms with E-state index in [-0.39, 0.29) is 6.04 Å². The van der Waals surface area contributed by atoms with Gasteiger partial charge in [0.15, 0.2) is 5.82 Å². The second-order valence-corrected chi connectivity index (χ2v) is 5.76. The summed E-state index contributed by atoms with van der Waals surface area (Å²) in [7, 11) is 2.04. The molecule has 0 bridgehead atoms. The fraction of sp³-hybridized carbons (Fsp3) is 0.600. The normalized spacial score (nSPS) is 17.5. The third kappa shape index (κ3) is 3.26. The highest BCUT2D eigenvalue weighted by Gasteiger charge is 2.23. The first kappa shape index (κ1) is 14.1. The van der Waals surface area contributed by atoms with Gasteiger partial charge in [0.05, 0.1) is 12.2 Å². The Morgan fingerprint density at radius 2 is 2.19 bits per heavy atom. The van der Waals surface area contributed by atoms with E-state index >= 15 is 0 Å².